The number of amides is 1. The monoisotopic (exact) mass is 1160 g/mol. The molecule has 0 saturated carbocycles. The molecule has 472 valence electrons. The highest BCUT2D eigenvalue weighted by Gasteiger charge is 2.51. The van der Waals surface area contributed by atoms with Crippen LogP contribution in [-0.4, -0.2) is 140 Å². The van der Waals surface area contributed by atoms with E-state index in [0.717, 1.165) is 128 Å². The van der Waals surface area contributed by atoms with Crippen molar-refractivity contribution in [3.8, 4) is 0 Å². The summed E-state index contributed by atoms with van der Waals surface area (Å²) in [7, 11) is 0. The first-order valence-corrected chi connectivity index (χ1v) is 31.9. The van der Waals surface area contributed by atoms with Gasteiger partial charge < -0.3 is 65.1 Å². The molecule has 12 atom stereocenters. The van der Waals surface area contributed by atoms with Crippen LogP contribution in [0.5, 0.6) is 0 Å². The fraction of sp³-hybridized carbons (Fsp3) is 0.667. The second-order valence-corrected chi connectivity index (χ2v) is 21.8. The number of carbonyl (C=O) groups excluding carboxylic acids is 1. The maximum Gasteiger partial charge on any atom is 0.220 e. The first-order valence-electron chi connectivity index (χ1n) is 31.9. The molecule has 0 bridgehead atoms. The third-order valence-electron chi connectivity index (χ3n) is 14.6. The third kappa shape index (κ3) is 37.3. The lowest BCUT2D eigenvalue weighted by atomic mass is 9.97. The molecule has 0 spiro atoms. The van der Waals surface area contributed by atoms with Crippen molar-refractivity contribution in [2.75, 3.05) is 19.8 Å². The van der Waals surface area contributed by atoms with Crippen molar-refractivity contribution >= 4 is 5.91 Å². The Balaban J connectivity index is 1.63. The molecule has 2 fully saturated rings. The van der Waals surface area contributed by atoms with Crippen LogP contribution >= 0.6 is 0 Å². The smallest absolute Gasteiger partial charge is 0.220 e. The standard InChI is InChI=1S/C69H113NO13/c1-3-5-7-9-11-13-15-16-17-18-19-20-21-22-23-24-25-26-27-28-29-30-31-32-33-34-35-36-37-38-39-40-41-42-43-45-47-49-51-53-61(74)70-57(58(73)52-50-48-46-44-14-12-10-8-6-4-2)56-80-68-66(79)64(77)67(60(55-72)82-68)83-69-65(78)63(76)62(75)59(54-71)81-69/h5,7,11,13,16-17,19-20,22-23,25-26,28-29,31-32,34-35,37-38,40-41,57-60,62-69,71-73,75-79H,3-4,6,8-10,12,14-15,18,21,24,27,30,33,36,39,42-56H2,1-2H3,(H,70,74)/b7-5-,13-11-,17-16-,20-19-,23-22-,26-25-,29-28-,32-31-,35-34-,38-37-,41-40-. The Morgan fingerprint density at radius 3 is 1.28 bits per heavy atom. The van der Waals surface area contributed by atoms with Gasteiger partial charge in [-0.3, -0.25) is 4.79 Å². The third-order valence-corrected chi connectivity index (χ3v) is 14.6. The minimum atomic E-state index is -1.79. The van der Waals surface area contributed by atoms with Gasteiger partial charge >= 0.3 is 0 Å². The summed E-state index contributed by atoms with van der Waals surface area (Å²) in [5.74, 6) is -0.234. The van der Waals surface area contributed by atoms with Gasteiger partial charge in [0.2, 0.25) is 5.91 Å². The number of hydrogen-bond acceptors (Lipinski definition) is 13. The lowest BCUT2D eigenvalue weighted by Crippen LogP contribution is -2.65. The van der Waals surface area contributed by atoms with Gasteiger partial charge in [0.1, 0.15) is 48.8 Å². The molecule has 2 aliphatic heterocycles. The maximum absolute atomic E-state index is 13.2. The van der Waals surface area contributed by atoms with E-state index in [2.05, 4.69) is 153 Å². The Kier molecular flexibility index (Phi) is 47.5. The molecule has 2 aliphatic rings. The van der Waals surface area contributed by atoms with E-state index in [1.165, 1.54) is 38.5 Å². The lowest BCUT2D eigenvalue weighted by Gasteiger charge is -2.46. The molecule has 14 heteroatoms. The van der Waals surface area contributed by atoms with Crippen molar-refractivity contribution in [3.05, 3.63) is 134 Å². The van der Waals surface area contributed by atoms with Crippen molar-refractivity contribution in [2.24, 2.45) is 0 Å². The molecule has 2 saturated heterocycles. The van der Waals surface area contributed by atoms with Crippen LogP contribution in [0, 0.1) is 0 Å². The number of ether oxygens (including phenoxy) is 4. The predicted molar refractivity (Wildman–Crippen MR) is 336 cm³/mol. The van der Waals surface area contributed by atoms with Crippen molar-refractivity contribution in [1.29, 1.82) is 0 Å². The maximum atomic E-state index is 13.2. The minimum absolute atomic E-state index is 0.234. The summed E-state index contributed by atoms with van der Waals surface area (Å²) < 4.78 is 22.8. The van der Waals surface area contributed by atoms with E-state index in [0.29, 0.717) is 12.8 Å². The van der Waals surface area contributed by atoms with Gasteiger partial charge in [-0.15, -0.1) is 0 Å². The Morgan fingerprint density at radius 2 is 0.831 bits per heavy atom. The number of allylic oxidation sites excluding steroid dienone is 22. The minimum Gasteiger partial charge on any atom is -0.394 e. The Bertz CT molecular complexity index is 1900. The zero-order chi connectivity index (χ0) is 60.2. The molecule has 0 radical (unpaired) electrons. The first-order chi connectivity index (χ1) is 40.6. The van der Waals surface area contributed by atoms with Crippen LogP contribution in [0.2, 0.25) is 0 Å². The number of unbranched alkanes of at least 4 members (excludes halogenated alkanes) is 14. The van der Waals surface area contributed by atoms with Gasteiger partial charge in [0.15, 0.2) is 12.6 Å². The van der Waals surface area contributed by atoms with Crippen molar-refractivity contribution < 1.29 is 64.6 Å². The number of hydrogen-bond donors (Lipinski definition) is 9. The molecule has 14 nitrogen and oxygen atoms in total. The Hall–Kier alpha value is -3.87. The number of rotatable bonds is 49. The number of aliphatic hydroxyl groups is 8. The van der Waals surface area contributed by atoms with Gasteiger partial charge in [-0.1, -0.05) is 231 Å². The largest absolute Gasteiger partial charge is 0.394 e. The normalized spacial score (nSPS) is 24.7. The quantitative estimate of drug-likeness (QED) is 0.0204. The summed E-state index contributed by atoms with van der Waals surface area (Å²) in [6.45, 7) is 2.68. The molecule has 2 rings (SSSR count). The topological polar surface area (TPSA) is 228 Å². The Labute approximate surface area is 500 Å². The number of aliphatic hydroxyl groups excluding tert-OH is 8. The van der Waals surface area contributed by atoms with Crippen LogP contribution < -0.4 is 5.32 Å². The molecule has 12 unspecified atom stereocenters. The molecular formula is C69H113NO13. The zero-order valence-corrected chi connectivity index (χ0v) is 50.9. The van der Waals surface area contributed by atoms with E-state index in [1.807, 2.05) is 0 Å². The fourth-order valence-corrected chi connectivity index (χ4v) is 9.53. The summed E-state index contributed by atoms with van der Waals surface area (Å²) in [6.07, 6.45) is 60.5. The van der Waals surface area contributed by atoms with E-state index in [-0.39, 0.29) is 18.9 Å². The van der Waals surface area contributed by atoms with E-state index in [9.17, 15) is 45.6 Å². The van der Waals surface area contributed by atoms with Gasteiger partial charge in [0.05, 0.1) is 32.0 Å². The fourth-order valence-electron chi connectivity index (χ4n) is 9.53. The van der Waals surface area contributed by atoms with Crippen molar-refractivity contribution in [3.63, 3.8) is 0 Å². The molecule has 0 aromatic rings. The highest BCUT2D eigenvalue weighted by molar-refractivity contribution is 5.76. The molecule has 0 aromatic carbocycles. The van der Waals surface area contributed by atoms with E-state index in [4.69, 9.17) is 18.9 Å². The first kappa shape index (κ1) is 75.2. The second kappa shape index (κ2) is 52.5. The van der Waals surface area contributed by atoms with Crippen LogP contribution in [0.3, 0.4) is 0 Å². The molecule has 9 N–H and O–H groups in total. The van der Waals surface area contributed by atoms with Gasteiger partial charge in [0, 0.05) is 6.42 Å². The van der Waals surface area contributed by atoms with Gasteiger partial charge in [0.25, 0.3) is 0 Å². The van der Waals surface area contributed by atoms with Crippen LogP contribution in [0.25, 0.3) is 0 Å². The molecule has 0 aliphatic carbocycles. The lowest BCUT2D eigenvalue weighted by molar-refractivity contribution is -0.359. The Morgan fingerprint density at radius 1 is 0.446 bits per heavy atom. The number of carbonyl (C=O) groups is 1. The molecule has 1 amide bonds. The van der Waals surface area contributed by atoms with Gasteiger partial charge in [-0.25, -0.2) is 0 Å². The average molecular weight is 1160 g/mol. The van der Waals surface area contributed by atoms with Crippen LogP contribution in [0.15, 0.2) is 134 Å². The SMILES string of the molecule is CC/C=C\C/C=C\C/C=C\C/C=C\C/C=C\C/C=C\C/C=C\C/C=C\C/C=C\C/C=C\C/C=C\CCCCCCCC(=O)NC(COC1OC(CO)C(OC2OC(CO)C(O)C(O)C2O)C(O)C1O)C(O)CCCCCCCCCCCC. The summed E-state index contributed by atoms with van der Waals surface area (Å²) in [6, 6.07) is -0.847. The summed E-state index contributed by atoms with van der Waals surface area (Å²) >= 11 is 0. The van der Waals surface area contributed by atoms with E-state index >= 15 is 0 Å². The van der Waals surface area contributed by atoms with Crippen LogP contribution in [0.4, 0.5) is 0 Å². The van der Waals surface area contributed by atoms with E-state index < -0.39 is 86.8 Å². The van der Waals surface area contributed by atoms with E-state index in [1.54, 1.807) is 0 Å². The highest BCUT2D eigenvalue weighted by atomic mass is 16.7. The van der Waals surface area contributed by atoms with Gasteiger partial charge in [-0.2, -0.15) is 0 Å². The van der Waals surface area contributed by atoms with Crippen LogP contribution in [-0.2, 0) is 23.7 Å². The number of nitrogens with one attached hydrogen (secondary N) is 1. The predicted octanol–water partition coefficient (Wildman–Crippen LogP) is 11.9. The van der Waals surface area contributed by atoms with Crippen molar-refractivity contribution in [2.45, 2.75) is 274 Å². The molecule has 0 aromatic heterocycles. The summed E-state index contributed by atoms with van der Waals surface area (Å²) in [5.41, 5.74) is 0. The summed E-state index contributed by atoms with van der Waals surface area (Å²) in [5, 5.41) is 87.1. The summed E-state index contributed by atoms with van der Waals surface area (Å²) in [4.78, 5) is 13.2. The van der Waals surface area contributed by atoms with Gasteiger partial charge in [-0.05, 0) is 96.3 Å². The van der Waals surface area contributed by atoms with Crippen molar-refractivity contribution in [1.82, 2.24) is 5.32 Å². The molecular weight excluding hydrogens is 1050 g/mol. The second-order valence-electron chi connectivity index (χ2n) is 21.8. The van der Waals surface area contributed by atoms with Crippen LogP contribution in [0.1, 0.15) is 200 Å². The highest BCUT2D eigenvalue weighted by Crippen LogP contribution is 2.30. The average Bonchev–Trinajstić information content (AvgIpc) is 3.47. The molecule has 2 heterocycles. The molecule has 83 heavy (non-hydrogen) atoms. The zero-order valence-electron chi connectivity index (χ0n) is 50.9.